The number of hydrogen-bond acceptors (Lipinski definition) is 12. The van der Waals surface area contributed by atoms with Crippen molar-refractivity contribution in [2.75, 3.05) is 24.6 Å². The van der Waals surface area contributed by atoms with Crippen LogP contribution >= 0.6 is 25.3 Å². The summed E-state index contributed by atoms with van der Waals surface area (Å²) in [5, 5.41) is 23.5. The fourth-order valence-electron chi connectivity index (χ4n) is 3.84. The number of thiol groups is 2. The Morgan fingerprint density at radius 2 is 1.26 bits per heavy atom. The first-order valence-electron chi connectivity index (χ1n) is 14.7. The zero-order valence-corrected chi connectivity index (χ0v) is 28.2. The summed E-state index contributed by atoms with van der Waals surface area (Å²) < 4.78 is 0. The molecule has 0 heterocycles. The van der Waals surface area contributed by atoms with Crippen molar-refractivity contribution >= 4 is 72.7 Å². The highest BCUT2D eigenvalue weighted by molar-refractivity contribution is 7.80. The lowest BCUT2D eigenvalue weighted by atomic mass is 10.0. The number of urea groups is 1. The van der Waals surface area contributed by atoms with Crippen molar-refractivity contribution in [2.24, 2.45) is 22.9 Å². The second-order valence-electron chi connectivity index (χ2n) is 11.0. The SMILES string of the molecule is CC(C)(NC(=O)[C@H](CCCNC(N)=O)NC(=O)[C@H](CCCCN)NC(=O)[C@@H](N)CS)C(=O)N[C@@H](CC(N)=O)C(=O)N[C@@H](CS)C(=O)O. The Hall–Kier alpha value is -3.82. The molecule has 8 amide bonds. The third kappa shape index (κ3) is 17.1. The van der Waals surface area contributed by atoms with Gasteiger partial charge in [-0.25, -0.2) is 9.59 Å². The first-order valence-corrected chi connectivity index (χ1v) is 15.9. The van der Waals surface area contributed by atoms with Crippen molar-refractivity contribution in [1.29, 1.82) is 0 Å². The lowest BCUT2D eigenvalue weighted by Crippen LogP contribution is -2.63. The van der Waals surface area contributed by atoms with Crippen molar-refractivity contribution in [2.45, 2.75) is 88.1 Å². The molecule has 0 fully saturated rings. The van der Waals surface area contributed by atoms with Crippen molar-refractivity contribution in [3.05, 3.63) is 0 Å². The van der Waals surface area contributed by atoms with Gasteiger partial charge in [0.05, 0.1) is 12.5 Å². The van der Waals surface area contributed by atoms with Crippen LogP contribution < -0.4 is 54.8 Å². The van der Waals surface area contributed by atoms with Crippen LogP contribution in [-0.2, 0) is 33.6 Å². The standard InChI is InChI=1S/C26H48N10O9S2/c1-26(2,24(44)35-16(10-18(29)37)21(40)34-17(12-47)23(42)43)36-22(41)15(7-5-9-31-25(30)45)33-20(39)14(6-3-4-8-27)32-19(38)13(28)11-46/h13-17,46-47H,3-12,27-28H2,1-2H3,(H2,29,37)(H,32,38)(H,33,39)(H,34,40)(H,35,44)(H,36,41)(H,42,43)(H3,30,31,45)/t13-,14-,15-,16-,17-/m0/s1. The van der Waals surface area contributed by atoms with Gasteiger partial charge in [-0.3, -0.25) is 28.8 Å². The van der Waals surface area contributed by atoms with Gasteiger partial charge in [0, 0.05) is 18.1 Å². The average Bonchev–Trinajstić information content (AvgIpc) is 2.98. The number of amides is 8. The number of nitrogens with one attached hydrogen (secondary N) is 6. The van der Waals surface area contributed by atoms with Crippen LogP contribution in [0.5, 0.6) is 0 Å². The van der Waals surface area contributed by atoms with Crippen LogP contribution in [0.3, 0.4) is 0 Å². The Bertz CT molecular complexity index is 1130. The first-order chi connectivity index (χ1) is 21.9. The third-order valence-electron chi connectivity index (χ3n) is 6.54. The number of carboxylic acid groups (broad SMARTS) is 1. The number of nitrogens with two attached hydrogens (primary N) is 4. The van der Waals surface area contributed by atoms with E-state index < -0.39 is 89.6 Å². The molecular formula is C26H48N10O9S2. The van der Waals surface area contributed by atoms with Gasteiger partial charge < -0.3 is 59.9 Å². The highest BCUT2D eigenvalue weighted by Crippen LogP contribution is 2.09. The largest absolute Gasteiger partial charge is 0.480 e. The molecule has 0 saturated heterocycles. The van der Waals surface area contributed by atoms with E-state index >= 15 is 0 Å². The van der Waals surface area contributed by atoms with Crippen molar-refractivity contribution in [1.82, 2.24) is 31.9 Å². The van der Waals surface area contributed by atoms with Gasteiger partial charge in [-0.15, -0.1) is 0 Å². The number of carbonyl (C=O) groups excluding carboxylic acids is 7. The number of hydrogen-bond donors (Lipinski definition) is 13. The molecule has 19 nitrogen and oxygen atoms in total. The molecular weight excluding hydrogens is 660 g/mol. The second kappa shape index (κ2) is 21.9. The van der Waals surface area contributed by atoms with Crippen LogP contribution in [0.25, 0.3) is 0 Å². The normalized spacial score (nSPS) is 14.3. The van der Waals surface area contributed by atoms with Crippen LogP contribution in [0.1, 0.15) is 52.4 Å². The smallest absolute Gasteiger partial charge is 0.327 e. The van der Waals surface area contributed by atoms with E-state index in [-0.39, 0.29) is 37.3 Å². The van der Waals surface area contributed by atoms with E-state index in [1.165, 1.54) is 13.8 Å². The molecule has 0 aliphatic heterocycles. The van der Waals surface area contributed by atoms with Crippen LogP contribution in [0.2, 0.25) is 0 Å². The second-order valence-corrected chi connectivity index (χ2v) is 11.8. The molecule has 15 N–H and O–H groups in total. The van der Waals surface area contributed by atoms with Gasteiger partial charge in [-0.05, 0) is 52.5 Å². The fraction of sp³-hybridized carbons (Fsp3) is 0.692. The maximum absolute atomic E-state index is 13.5. The molecule has 0 rings (SSSR count). The first kappa shape index (κ1) is 43.2. The summed E-state index contributed by atoms with van der Waals surface area (Å²) in [5.74, 6) is -6.90. The van der Waals surface area contributed by atoms with Crippen molar-refractivity contribution in [3.63, 3.8) is 0 Å². The molecule has 0 saturated carbocycles. The minimum Gasteiger partial charge on any atom is -0.480 e. The molecule has 47 heavy (non-hydrogen) atoms. The number of carboxylic acids is 1. The van der Waals surface area contributed by atoms with E-state index in [0.717, 1.165) is 0 Å². The Kier molecular flexibility index (Phi) is 20.1. The molecule has 0 radical (unpaired) electrons. The van der Waals surface area contributed by atoms with Crippen LogP contribution in [0.15, 0.2) is 0 Å². The van der Waals surface area contributed by atoms with E-state index in [2.05, 4.69) is 57.2 Å². The summed E-state index contributed by atoms with van der Waals surface area (Å²) in [7, 11) is 0. The van der Waals surface area contributed by atoms with Crippen molar-refractivity contribution in [3.8, 4) is 0 Å². The predicted molar refractivity (Wildman–Crippen MR) is 177 cm³/mol. The lowest BCUT2D eigenvalue weighted by Gasteiger charge is -2.30. The molecule has 0 aromatic heterocycles. The maximum atomic E-state index is 13.5. The Morgan fingerprint density at radius 1 is 0.723 bits per heavy atom. The van der Waals surface area contributed by atoms with Gasteiger partial charge in [0.1, 0.15) is 29.7 Å². The van der Waals surface area contributed by atoms with E-state index in [9.17, 15) is 43.5 Å². The average molecular weight is 709 g/mol. The topological polar surface area (TPSA) is 333 Å². The number of carbonyl (C=O) groups is 8. The summed E-state index contributed by atoms with van der Waals surface area (Å²) in [6.45, 7) is 2.93. The zero-order valence-electron chi connectivity index (χ0n) is 26.4. The van der Waals surface area contributed by atoms with Gasteiger partial charge in [0.2, 0.25) is 35.4 Å². The zero-order chi connectivity index (χ0) is 36.3. The van der Waals surface area contributed by atoms with Crippen molar-refractivity contribution < 1.29 is 43.5 Å². The number of rotatable bonds is 23. The quantitative estimate of drug-likeness (QED) is 0.0355. The highest BCUT2D eigenvalue weighted by Gasteiger charge is 2.37. The molecule has 0 bridgehead atoms. The number of aliphatic carboxylic acids is 1. The van der Waals surface area contributed by atoms with Crippen LogP contribution in [0, 0.1) is 0 Å². The van der Waals surface area contributed by atoms with Gasteiger partial charge in [0.15, 0.2) is 0 Å². The summed E-state index contributed by atoms with van der Waals surface area (Å²) in [5.41, 5.74) is 19.8. The molecule has 0 spiro atoms. The molecule has 0 aromatic carbocycles. The number of unbranched alkanes of at least 4 members (excludes halogenated alkanes) is 1. The lowest BCUT2D eigenvalue weighted by molar-refractivity contribution is -0.142. The fourth-order valence-corrected chi connectivity index (χ4v) is 4.25. The van der Waals surface area contributed by atoms with Crippen LogP contribution in [0.4, 0.5) is 4.79 Å². The molecule has 21 heteroatoms. The van der Waals surface area contributed by atoms with E-state index in [0.29, 0.717) is 19.4 Å². The Labute approximate surface area is 283 Å². The Morgan fingerprint density at radius 3 is 1.77 bits per heavy atom. The Balaban J connectivity index is 6.01. The molecule has 5 atom stereocenters. The molecule has 0 aliphatic carbocycles. The summed E-state index contributed by atoms with van der Waals surface area (Å²) in [6.07, 6.45) is 0.573. The van der Waals surface area contributed by atoms with E-state index in [1.54, 1.807) is 0 Å². The van der Waals surface area contributed by atoms with Crippen LogP contribution in [-0.4, -0.2) is 113 Å². The summed E-state index contributed by atoms with van der Waals surface area (Å²) in [4.78, 5) is 99.1. The molecule has 0 aliphatic rings. The van der Waals surface area contributed by atoms with Gasteiger partial charge in [-0.2, -0.15) is 25.3 Å². The molecule has 0 aromatic rings. The minimum atomic E-state index is -1.77. The van der Waals surface area contributed by atoms with Gasteiger partial charge in [0.25, 0.3) is 0 Å². The van der Waals surface area contributed by atoms with Gasteiger partial charge >= 0.3 is 12.0 Å². The number of primary amides is 2. The summed E-state index contributed by atoms with van der Waals surface area (Å²) in [6, 6.07) is -7.25. The highest BCUT2D eigenvalue weighted by atomic mass is 32.1. The van der Waals surface area contributed by atoms with E-state index in [1.807, 2.05) is 0 Å². The van der Waals surface area contributed by atoms with E-state index in [4.69, 9.17) is 22.9 Å². The molecule has 268 valence electrons. The third-order valence-corrected chi connectivity index (χ3v) is 7.30. The molecule has 0 unspecified atom stereocenters. The summed E-state index contributed by atoms with van der Waals surface area (Å²) >= 11 is 7.85. The minimum absolute atomic E-state index is 0.00923. The monoisotopic (exact) mass is 708 g/mol. The van der Waals surface area contributed by atoms with Gasteiger partial charge in [-0.1, -0.05) is 0 Å². The predicted octanol–water partition coefficient (Wildman–Crippen LogP) is -4.46. The maximum Gasteiger partial charge on any atom is 0.327 e.